The standard InChI is InChI=1S/C32H44N2O8/c1-6-34-16-29(42-27(36)18-9-7-8-10-21(18)33-17(2)35)12-11-24(40-4)32-20-13-19-22(39-3)14-30(37,25(20)26(19)41-5)31(38,28(32)34)15-23(29)32/h7-10,19-20,22-26,28,37-38H,6,11-16H2,1-5H3,(H,33,35)/t19-,20-,22+,23-,24+,25-,26+,28-,29-,30-,31+,32-/m1/s1. The fourth-order valence-electron chi connectivity index (χ4n) is 11.6. The summed E-state index contributed by atoms with van der Waals surface area (Å²) in [6, 6.07) is 6.55. The second kappa shape index (κ2) is 9.46. The van der Waals surface area contributed by atoms with Crippen molar-refractivity contribution in [2.45, 2.75) is 87.1 Å². The molecule has 6 fully saturated rings. The number of hydrogen-bond donors (Lipinski definition) is 3. The largest absolute Gasteiger partial charge is 0.454 e. The third kappa shape index (κ3) is 3.26. The minimum absolute atomic E-state index is 0.0142. The molecule has 12 atom stereocenters. The highest BCUT2D eigenvalue weighted by Crippen LogP contribution is 2.79. The van der Waals surface area contributed by atoms with Gasteiger partial charge in [0.25, 0.3) is 0 Å². The second-order valence-electron chi connectivity index (χ2n) is 13.7. The van der Waals surface area contributed by atoms with Gasteiger partial charge in [-0.05, 0) is 50.3 Å². The van der Waals surface area contributed by atoms with Gasteiger partial charge in [-0.15, -0.1) is 0 Å². The van der Waals surface area contributed by atoms with E-state index in [1.54, 1.807) is 45.6 Å². The van der Waals surface area contributed by atoms with Crippen LogP contribution in [0.15, 0.2) is 24.3 Å². The van der Waals surface area contributed by atoms with Gasteiger partial charge in [-0.1, -0.05) is 19.1 Å². The molecule has 0 radical (unpaired) electrons. The van der Waals surface area contributed by atoms with Crippen molar-refractivity contribution in [1.82, 2.24) is 4.90 Å². The fourth-order valence-corrected chi connectivity index (χ4v) is 11.6. The van der Waals surface area contributed by atoms with E-state index in [0.29, 0.717) is 50.0 Å². The summed E-state index contributed by atoms with van der Waals surface area (Å²) < 4.78 is 25.1. The number of nitrogens with one attached hydrogen (secondary N) is 1. The second-order valence-corrected chi connectivity index (χ2v) is 13.7. The molecule has 0 aromatic heterocycles. The number of carbonyl (C=O) groups excluding carboxylic acids is 2. The molecule has 5 saturated carbocycles. The first-order valence-corrected chi connectivity index (χ1v) is 15.4. The van der Waals surface area contributed by atoms with E-state index in [4.69, 9.17) is 18.9 Å². The molecule has 10 heteroatoms. The van der Waals surface area contributed by atoms with Gasteiger partial charge in [-0.25, -0.2) is 4.79 Å². The van der Waals surface area contributed by atoms with Crippen LogP contribution < -0.4 is 5.32 Å². The summed E-state index contributed by atoms with van der Waals surface area (Å²) >= 11 is 0. The number of amides is 1. The lowest BCUT2D eigenvalue weighted by atomic mass is 9.44. The third-order valence-corrected chi connectivity index (χ3v) is 12.6. The van der Waals surface area contributed by atoms with Crippen molar-refractivity contribution < 1.29 is 38.7 Å². The molecule has 1 spiro atoms. The lowest BCUT2D eigenvalue weighted by molar-refractivity contribution is -0.319. The minimum Gasteiger partial charge on any atom is -0.454 e. The van der Waals surface area contributed by atoms with Crippen molar-refractivity contribution in [3.05, 3.63) is 29.8 Å². The van der Waals surface area contributed by atoms with E-state index in [1.165, 1.54) is 6.92 Å². The molecule has 7 rings (SSSR count). The molecule has 7 bridgehead atoms. The number of para-hydroxylation sites is 1. The number of nitrogens with zero attached hydrogens (tertiary/aromatic N) is 1. The van der Waals surface area contributed by atoms with Crippen LogP contribution in [0.1, 0.15) is 56.3 Å². The number of benzene rings is 1. The summed E-state index contributed by atoms with van der Waals surface area (Å²) in [7, 11) is 5.13. The van der Waals surface area contributed by atoms with Gasteiger partial charge in [0.15, 0.2) is 0 Å². The average molecular weight is 585 g/mol. The van der Waals surface area contributed by atoms with E-state index in [9.17, 15) is 19.8 Å². The Bertz CT molecular complexity index is 1290. The SMILES string of the molecule is CCN1C[C@]2(OC(=O)c3ccccc3NC(C)=O)CC[C@H](OC)[C@@]34[C@@H]5C[C@H]6[C@H](OC)[C@@H]5[C@](O)(C[C@@H]6OC)[C@](O)(C[C@H]23)[C@@H]14. The molecule has 6 aliphatic rings. The quantitative estimate of drug-likeness (QED) is 0.414. The van der Waals surface area contributed by atoms with Gasteiger partial charge < -0.3 is 34.5 Å². The molecule has 230 valence electrons. The molecule has 1 aromatic carbocycles. The Morgan fingerprint density at radius 2 is 1.83 bits per heavy atom. The summed E-state index contributed by atoms with van der Waals surface area (Å²) in [5.74, 6) is -1.20. The van der Waals surface area contributed by atoms with E-state index in [1.807, 2.05) is 0 Å². The van der Waals surface area contributed by atoms with Gasteiger partial charge >= 0.3 is 5.97 Å². The fraction of sp³-hybridized carbons (Fsp3) is 0.750. The highest BCUT2D eigenvalue weighted by molar-refractivity contribution is 6.00. The van der Waals surface area contributed by atoms with Gasteiger partial charge in [0.05, 0.1) is 35.6 Å². The van der Waals surface area contributed by atoms with Crippen LogP contribution in [-0.2, 0) is 23.7 Å². The molecular formula is C32H44N2O8. The zero-order valence-corrected chi connectivity index (χ0v) is 25.2. The van der Waals surface area contributed by atoms with Crippen molar-refractivity contribution in [1.29, 1.82) is 0 Å². The molecule has 1 heterocycles. The number of piperidine rings is 1. The predicted octanol–water partition coefficient (Wildman–Crippen LogP) is 2.22. The Morgan fingerprint density at radius 3 is 2.50 bits per heavy atom. The van der Waals surface area contributed by atoms with Crippen LogP contribution >= 0.6 is 0 Å². The summed E-state index contributed by atoms with van der Waals surface area (Å²) in [6.45, 7) is 4.56. The van der Waals surface area contributed by atoms with Crippen LogP contribution in [0.3, 0.4) is 0 Å². The maximum absolute atomic E-state index is 14.0. The number of anilines is 1. The maximum Gasteiger partial charge on any atom is 0.340 e. The number of likely N-dealkylation sites (tertiary alicyclic amines) is 1. The van der Waals surface area contributed by atoms with Crippen molar-refractivity contribution in [2.75, 3.05) is 39.7 Å². The van der Waals surface area contributed by atoms with Crippen molar-refractivity contribution >= 4 is 17.6 Å². The number of methoxy groups -OCH3 is 3. The van der Waals surface area contributed by atoms with E-state index < -0.39 is 28.2 Å². The topological polar surface area (TPSA) is 127 Å². The molecule has 5 aliphatic carbocycles. The first kappa shape index (κ1) is 28.7. The lowest BCUT2D eigenvalue weighted by Crippen LogP contribution is -2.82. The summed E-state index contributed by atoms with van der Waals surface area (Å²) in [4.78, 5) is 28.2. The van der Waals surface area contributed by atoms with Gasteiger partial charge in [0.2, 0.25) is 5.91 Å². The average Bonchev–Trinajstić information content (AvgIpc) is 3.40. The Labute approximate surface area is 247 Å². The van der Waals surface area contributed by atoms with Crippen LogP contribution in [0.4, 0.5) is 5.69 Å². The van der Waals surface area contributed by atoms with E-state index >= 15 is 0 Å². The number of ether oxygens (including phenoxy) is 4. The molecule has 42 heavy (non-hydrogen) atoms. The number of esters is 1. The van der Waals surface area contributed by atoms with Crippen LogP contribution in [0, 0.1) is 29.1 Å². The Kier molecular flexibility index (Phi) is 6.46. The van der Waals surface area contributed by atoms with Crippen LogP contribution in [0.2, 0.25) is 0 Å². The number of aliphatic hydroxyl groups is 2. The smallest absolute Gasteiger partial charge is 0.340 e. The number of hydrogen-bond acceptors (Lipinski definition) is 9. The van der Waals surface area contributed by atoms with E-state index in [-0.39, 0.29) is 53.9 Å². The number of carbonyl (C=O) groups is 2. The molecule has 0 unspecified atom stereocenters. The molecule has 1 saturated heterocycles. The third-order valence-electron chi connectivity index (χ3n) is 12.6. The van der Waals surface area contributed by atoms with Gasteiger partial charge in [0, 0.05) is 64.4 Å². The molecule has 1 aliphatic heterocycles. The number of fused-ring (bicyclic) bond motifs is 2. The van der Waals surface area contributed by atoms with Gasteiger partial charge in [-0.2, -0.15) is 0 Å². The first-order valence-electron chi connectivity index (χ1n) is 15.4. The number of likely N-dealkylation sites (N-methyl/N-ethyl adjacent to an activating group) is 1. The summed E-state index contributed by atoms with van der Waals surface area (Å²) in [6.07, 6.45) is 2.04. The highest BCUT2D eigenvalue weighted by atomic mass is 16.6. The first-order chi connectivity index (χ1) is 20.1. The molecule has 10 nitrogen and oxygen atoms in total. The van der Waals surface area contributed by atoms with Crippen molar-refractivity contribution in [3.8, 4) is 0 Å². The van der Waals surface area contributed by atoms with Gasteiger partial charge in [-0.3, -0.25) is 9.69 Å². The molecule has 1 aromatic rings. The lowest BCUT2D eigenvalue weighted by Gasteiger charge is -2.70. The summed E-state index contributed by atoms with van der Waals surface area (Å²) in [5.41, 5.74) is -3.65. The van der Waals surface area contributed by atoms with Crippen molar-refractivity contribution in [2.24, 2.45) is 29.1 Å². The van der Waals surface area contributed by atoms with Crippen LogP contribution in [0.5, 0.6) is 0 Å². The van der Waals surface area contributed by atoms with Crippen LogP contribution in [0.25, 0.3) is 0 Å². The van der Waals surface area contributed by atoms with Gasteiger partial charge in [0.1, 0.15) is 16.8 Å². The Balaban J connectivity index is 1.38. The van der Waals surface area contributed by atoms with E-state index in [0.717, 1.165) is 6.42 Å². The normalized spacial score (nSPS) is 48.2. The highest BCUT2D eigenvalue weighted by Gasteiger charge is 2.89. The Hall–Kier alpha value is -2.08. The molecule has 3 N–H and O–H groups in total. The predicted molar refractivity (Wildman–Crippen MR) is 152 cm³/mol. The van der Waals surface area contributed by atoms with Crippen molar-refractivity contribution in [3.63, 3.8) is 0 Å². The van der Waals surface area contributed by atoms with Crippen LogP contribution in [-0.4, -0.2) is 103 Å². The van der Waals surface area contributed by atoms with E-state index in [2.05, 4.69) is 17.1 Å². The molecular weight excluding hydrogens is 540 g/mol. The monoisotopic (exact) mass is 584 g/mol. The molecule has 1 amide bonds. The minimum atomic E-state index is -1.47. The summed E-state index contributed by atoms with van der Waals surface area (Å²) in [5, 5.41) is 28.6. The number of rotatable bonds is 7. The maximum atomic E-state index is 14.0. The zero-order valence-electron chi connectivity index (χ0n) is 25.2. The Morgan fingerprint density at radius 1 is 1.07 bits per heavy atom. The zero-order chi connectivity index (χ0) is 29.8.